The SMILES string of the molecule is CC1CC=CC=C1N(c1ccccc1)c1ccc2c(c1)C1(c3ccccc3-c3ccc(N(c4ccccc4)c4ccc5sc6ccccc6c5c4)cc31)c1c-2sc2ccccc12. The van der Waals surface area contributed by atoms with Crippen molar-refractivity contribution < 1.29 is 0 Å². The highest BCUT2D eigenvalue weighted by atomic mass is 32.1. The standard InChI is InChI=1S/C58H40N2S2/c1-37-16-8-13-25-52(37)60(39-19-6-3-7-20-39)42-29-32-46-51(36-42)58(56-47-23-11-15-27-54(47)62-57(46)56)49-24-12-9-21-43(49)44-31-28-41(35-50(44)58)59(38-17-4-2-5-18-38)40-30-33-55-48(34-40)45-22-10-14-26-53(45)61-55/h2-15,17-37H,16H2,1H3. The molecule has 0 fully saturated rings. The van der Waals surface area contributed by atoms with Crippen molar-refractivity contribution >= 4 is 81.4 Å². The fourth-order valence-electron chi connectivity index (χ4n) is 10.8. The Labute approximate surface area is 369 Å². The Morgan fingerprint density at radius 1 is 0.452 bits per heavy atom. The van der Waals surface area contributed by atoms with Crippen LogP contribution in [0.1, 0.15) is 35.6 Å². The number of nitrogens with zero attached hydrogens (tertiary/aromatic N) is 2. The fraction of sp³-hybridized carbons (Fsp3) is 0.0690. The summed E-state index contributed by atoms with van der Waals surface area (Å²) in [6.45, 7) is 2.35. The Hall–Kier alpha value is -6.98. The molecule has 2 atom stereocenters. The lowest BCUT2D eigenvalue weighted by Gasteiger charge is -2.35. The maximum atomic E-state index is 2.54. The molecule has 4 heteroatoms. The summed E-state index contributed by atoms with van der Waals surface area (Å²) < 4.78 is 3.95. The number of benzene rings is 8. The number of rotatable bonds is 6. The van der Waals surface area contributed by atoms with E-state index in [1.165, 1.54) is 91.2 Å². The number of thiophene rings is 2. The van der Waals surface area contributed by atoms with Crippen LogP contribution in [0.3, 0.4) is 0 Å². The van der Waals surface area contributed by atoms with Crippen molar-refractivity contribution in [2.75, 3.05) is 9.80 Å². The Kier molecular flexibility index (Phi) is 7.94. The molecule has 0 bridgehead atoms. The molecule has 1 spiro atoms. The first-order valence-electron chi connectivity index (χ1n) is 21.6. The average Bonchev–Trinajstić information content (AvgIpc) is 4.05. The van der Waals surface area contributed by atoms with Crippen LogP contribution in [0.15, 0.2) is 212 Å². The van der Waals surface area contributed by atoms with Crippen molar-refractivity contribution in [3.63, 3.8) is 0 Å². The van der Waals surface area contributed by atoms with E-state index < -0.39 is 5.41 Å². The predicted molar refractivity (Wildman–Crippen MR) is 265 cm³/mol. The van der Waals surface area contributed by atoms with E-state index in [0.717, 1.165) is 23.5 Å². The van der Waals surface area contributed by atoms with Crippen LogP contribution in [0, 0.1) is 5.92 Å². The molecule has 10 aromatic rings. The molecule has 8 aromatic carbocycles. The smallest absolute Gasteiger partial charge is 0.0741 e. The van der Waals surface area contributed by atoms with Gasteiger partial charge in [-0.1, -0.05) is 128 Å². The molecule has 0 saturated heterocycles. The van der Waals surface area contributed by atoms with Gasteiger partial charge in [-0.2, -0.15) is 0 Å². The molecule has 0 amide bonds. The highest BCUT2D eigenvalue weighted by molar-refractivity contribution is 7.25. The van der Waals surface area contributed by atoms with Gasteiger partial charge in [-0.3, -0.25) is 0 Å². The van der Waals surface area contributed by atoms with Crippen LogP contribution < -0.4 is 9.80 Å². The van der Waals surface area contributed by atoms with Gasteiger partial charge in [0.2, 0.25) is 0 Å². The first-order valence-corrected chi connectivity index (χ1v) is 23.2. The number of hydrogen-bond donors (Lipinski definition) is 0. The lowest BCUT2D eigenvalue weighted by atomic mass is 9.70. The molecule has 13 rings (SSSR count). The summed E-state index contributed by atoms with van der Waals surface area (Å²) in [6.07, 6.45) is 7.85. The van der Waals surface area contributed by atoms with Gasteiger partial charge in [0.15, 0.2) is 0 Å². The molecule has 0 saturated carbocycles. The van der Waals surface area contributed by atoms with E-state index in [4.69, 9.17) is 0 Å². The van der Waals surface area contributed by atoms with Crippen molar-refractivity contribution in [1.82, 2.24) is 0 Å². The maximum Gasteiger partial charge on any atom is 0.0741 e. The zero-order valence-electron chi connectivity index (χ0n) is 34.1. The zero-order valence-corrected chi connectivity index (χ0v) is 35.8. The van der Waals surface area contributed by atoms with Crippen molar-refractivity contribution in [3.05, 3.63) is 234 Å². The lowest BCUT2D eigenvalue weighted by Crippen LogP contribution is -2.27. The van der Waals surface area contributed by atoms with E-state index in [2.05, 4.69) is 223 Å². The average molecular weight is 829 g/mol. The molecule has 2 heterocycles. The summed E-state index contributed by atoms with van der Waals surface area (Å²) in [7, 11) is 0. The normalized spacial score (nSPS) is 17.0. The topological polar surface area (TPSA) is 6.48 Å². The minimum Gasteiger partial charge on any atom is -0.314 e. The number of hydrogen-bond acceptors (Lipinski definition) is 4. The zero-order chi connectivity index (χ0) is 40.9. The van der Waals surface area contributed by atoms with Crippen LogP contribution in [-0.4, -0.2) is 0 Å². The summed E-state index contributed by atoms with van der Waals surface area (Å²) >= 11 is 3.81. The molecule has 3 aliphatic carbocycles. The van der Waals surface area contributed by atoms with Crippen molar-refractivity contribution in [1.29, 1.82) is 0 Å². The molecule has 2 unspecified atom stereocenters. The van der Waals surface area contributed by atoms with Gasteiger partial charge in [0, 0.05) is 69.8 Å². The highest BCUT2D eigenvalue weighted by Gasteiger charge is 2.54. The van der Waals surface area contributed by atoms with E-state index >= 15 is 0 Å². The van der Waals surface area contributed by atoms with Crippen LogP contribution in [0.2, 0.25) is 0 Å². The minimum absolute atomic E-state index is 0.374. The highest BCUT2D eigenvalue weighted by Crippen LogP contribution is 2.67. The van der Waals surface area contributed by atoms with E-state index in [0.29, 0.717) is 5.92 Å². The van der Waals surface area contributed by atoms with Gasteiger partial charge in [0.1, 0.15) is 0 Å². The minimum atomic E-state index is -0.549. The van der Waals surface area contributed by atoms with Gasteiger partial charge in [-0.15, -0.1) is 22.7 Å². The maximum absolute atomic E-state index is 2.54. The van der Waals surface area contributed by atoms with Gasteiger partial charge in [-0.25, -0.2) is 0 Å². The largest absolute Gasteiger partial charge is 0.314 e. The lowest BCUT2D eigenvalue weighted by molar-refractivity contribution is 0.670. The Balaban J connectivity index is 1.09. The summed E-state index contributed by atoms with van der Waals surface area (Å²) in [5, 5.41) is 3.93. The third-order valence-corrected chi connectivity index (χ3v) is 15.8. The summed E-state index contributed by atoms with van der Waals surface area (Å²) in [5.74, 6) is 0.374. The molecule has 0 radical (unpaired) electrons. The van der Waals surface area contributed by atoms with Gasteiger partial charge in [0.05, 0.1) is 5.41 Å². The van der Waals surface area contributed by atoms with E-state index in [9.17, 15) is 0 Å². The number of para-hydroxylation sites is 2. The third kappa shape index (κ3) is 5.08. The van der Waals surface area contributed by atoms with Crippen LogP contribution in [-0.2, 0) is 5.41 Å². The van der Waals surface area contributed by atoms with E-state index in [1.807, 2.05) is 22.7 Å². The van der Waals surface area contributed by atoms with Gasteiger partial charge in [0.25, 0.3) is 0 Å². The fourth-order valence-corrected chi connectivity index (χ4v) is 13.2. The molecule has 3 aliphatic rings. The molecular weight excluding hydrogens is 789 g/mol. The first-order chi connectivity index (χ1) is 30.7. The Bertz CT molecular complexity index is 3480. The Morgan fingerprint density at radius 3 is 1.79 bits per heavy atom. The molecule has 0 N–H and O–H groups in total. The van der Waals surface area contributed by atoms with Gasteiger partial charge < -0.3 is 9.80 Å². The second-order valence-electron chi connectivity index (χ2n) is 16.8. The molecular formula is C58H40N2S2. The number of anilines is 5. The number of fused-ring (bicyclic) bond motifs is 15. The second kappa shape index (κ2) is 13.8. The van der Waals surface area contributed by atoms with Gasteiger partial charge >= 0.3 is 0 Å². The molecule has 62 heavy (non-hydrogen) atoms. The summed E-state index contributed by atoms with van der Waals surface area (Å²) in [6, 6.07) is 70.5. The molecule has 0 aliphatic heterocycles. The predicted octanol–water partition coefficient (Wildman–Crippen LogP) is 16.7. The van der Waals surface area contributed by atoms with Crippen molar-refractivity contribution in [3.8, 4) is 21.6 Å². The van der Waals surface area contributed by atoms with E-state index in [-0.39, 0.29) is 0 Å². The van der Waals surface area contributed by atoms with Crippen LogP contribution in [0.25, 0.3) is 51.8 Å². The van der Waals surface area contributed by atoms with Crippen LogP contribution >= 0.6 is 22.7 Å². The molecule has 2 nitrogen and oxygen atoms in total. The number of allylic oxidation sites excluding steroid dienone is 4. The van der Waals surface area contributed by atoms with Gasteiger partial charge in [-0.05, 0) is 136 Å². The van der Waals surface area contributed by atoms with Crippen LogP contribution in [0.4, 0.5) is 28.4 Å². The molecule has 2 aromatic heterocycles. The molecule has 294 valence electrons. The van der Waals surface area contributed by atoms with Crippen molar-refractivity contribution in [2.45, 2.75) is 18.8 Å². The Morgan fingerprint density at radius 2 is 1.02 bits per heavy atom. The quantitative estimate of drug-likeness (QED) is 0.165. The third-order valence-electron chi connectivity index (χ3n) is 13.5. The van der Waals surface area contributed by atoms with Crippen molar-refractivity contribution in [2.24, 2.45) is 5.92 Å². The second-order valence-corrected chi connectivity index (χ2v) is 19.0. The first kappa shape index (κ1) is 35.7. The summed E-state index contributed by atoms with van der Waals surface area (Å²) in [5.41, 5.74) is 15.9. The summed E-state index contributed by atoms with van der Waals surface area (Å²) in [4.78, 5) is 6.34. The monoisotopic (exact) mass is 828 g/mol. The van der Waals surface area contributed by atoms with Crippen LogP contribution in [0.5, 0.6) is 0 Å². The van der Waals surface area contributed by atoms with E-state index in [1.54, 1.807) is 0 Å².